The zero-order valence-corrected chi connectivity index (χ0v) is 9.12. The van der Waals surface area contributed by atoms with Gasteiger partial charge in [-0.05, 0) is 11.4 Å². The van der Waals surface area contributed by atoms with E-state index in [0.717, 1.165) is 0 Å². The van der Waals surface area contributed by atoms with Crippen LogP contribution in [0.1, 0.15) is 10.9 Å². The normalized spacial score (nSPS) is 14.2. The van der Waals surface area contributed by atoms with E-state index in [9.17, 15) is 13.2 Å². The van der Waals surface area contributed by atoms with Gasteiger partial charge in [-0.2, -0.15) is 13.2 Å². The van der Waals surface area contributed by atoms with E-state index in [1.807, 2.05) is 0 Å². The monoisotopic (exact) mass is 259 g/mol. The number of halogens is 4. The van der Waals surface area contributed by atoms with Gasteiger partial charge in [0.2, 0.25) is 0 Å². The summed E-state index contributed by atoms with van der Waals surface area (Å²) in [6, 6.07) is 1.03. The largest absolute Gasteiger partial charge is 0.411 e. The molecular formula is C8H9ClF3NOS. The molecule has 0 saturated carbocycles. The van der Waals surface area contributed by atoms with Crippen LogP contribution in [0.4, 0.5) is 13.2 Å². The molecule has 2 nitrogen and oxygen atoms in total. The Morgan fingerprint density at radius 1 is 1.53 bits per heavy atom. The standard InChI is InChI=1S/C8H9ClF3NOS/c9-5-1-2-15-7(5)6(13)3-14-4-8(10,11)12/h1-2,6H,3-4,13H2. The van der Waals surface area contributed by atoms with Crippen molar-refractivity contribution in [1.29, 1.82) is 0 Å². The van der Waals surface area contributed by atoms with Gasteiger partial charge in [-0.3, -0.25) is 0 Å². The van der Waals surface area contributed by atoms with Crippen molar-refractivity contribution in [1.82, 2.24) is 0 Å². The lowest BCUT2D eigenvalue weighted by atomic mass is 10.3. The van der Waals surface area contributed by atoms with Crippen LogP contribution >= 0.6 is 22.9 Å². The zero-order valence-electron chi connectivity index (χ0n) is 7.55. The molecule has 0 saturated heterocycles. The van der Waals surface area contributed by atoms with Gasteiger partial charge in [0, 0.05) is 4.88 Å². The highest BCUT2D eigenvalue weighted by atomic mass is 35.5. The topological polar surface area (TPSA) is 35.2 Å². The third kappa shape index (κ3) is 4.38. The highest BCUT2D eigenvalue weighted by Crippen LogP contribution is 2.27. The van der Waals surface area contributed by atoms with Crippen molar-refractivity contribution in [3.8, 4) is 0 Å². The molecule has 1 aromatic heterocycles. The number of hydrogen-bond acceptors (Lipinski definition) is 3. The van der Waals surface area contributed by atoms with Gasteiger partial charge in [0.05, 0.1) is 17.7 Å². The van der Waals surface area contributed by atoms with E-state index in [0.29, 0.717) is 9.90 Å². The molecule has 1 atom stereocenters. The van der Waals surface area contributed by atoms with Crippen LogP contribution in [0, 0.1) is 0 Å². The highest BCUT2D eigenvalue weighted by molar-refractivity contribution is 7.10. The number of rotatable bonds is 4. The van der Waals surface area contributed by atoms with E-state index < -0.39 is 18.8 Å². The summed E-state index contributed by atoms with van der Waals surface area (Å²) in [7, 11) is 0. The molecule has 0 spiro atoms. The molecule has 0 aromatic carbocycles. The molecule has 0 aliphatic heterocycles. The molecule has 1 aromatic rings. The van der Waals surface area contributed by atoms with Crippen LogP contribution in [0.3, 0.4) is 0 Å². The molecule has 1 heterocycles. The number of thiophene rings is 1. The van der Waals surface area contributed by atoms with Gasteiger partial charge in [0.15, 0.2) is 0 Å². The number of alkyl halides is 3. The Bertz CT molecular complexity index is 315. The lowest BCUT2D eigenvalue weighted by molar-refractivity contribution is -0.174. The first-order valence-corrected chi connectivity index (χ1v) is 5.29. The lowest BCUT2D eigenvalue weighted by Crippen LogP contribution is -2.22. The first-order chi connectivity index (χ1) is 6.90. The molecular weight excluding hydrogens is 251 g/mol. The fourth-order valence-corrected chi connectivity index (χ4v) is 2.13. The van der Waals surface area contributed by atoms with Crippen molar-refractivity contribution >= 4 is 22.9 Å². The van der Waals surface area contributed by atoms with Crippen LogP contribution in [-0.2, 0) is 4.74 Å². The van der Waals surface area contributed by atoms with Crippen molar-refractivity contribution in [3.05, 3.63) is 21.3 Å². The molecule has 0 amide bonds. The summed E-state index contributed by atoms with van der Waals surface area (Å²) in [6.45, 7) is -1.48. The third-order valence-electron chi connectivity index (χ3n) is 1.54. The molecule has 15 heavy (non-hydrogen) atoms. The van der Waals surface area contributed by atoms with E-state index in [-0.39, 0.29) is 6.61 Å². The first-order valence-electron chi connectivity index (χ1n) is 4.03. The smallest absolute Gasteiger partial charge is 0.370 e. The maximum atomic E-state index is 11.7. The van der Waals surface area contributed by atoms with E-state index in [2.05, 4.69) is 4.74 Å². The Kier molecular flexibility index (Phi) is 4.39. The Balaban J connectivity index is 2.37. The van der Waals surface area contributed by atoms with Crippen LogP contribution in [0.15, 0.2) is 11.4 Å². The molecule has 0 aliphatic carbocycles. The van der Waals surface area contributed by atoms with Crippen LogP contribution < -0.4 is 5.73 Å². The van der Waals surface area contributed by atoms with Gasteiger partial charge in [-0.15, -0.1) is 11.3 Å². The van der Waals surface area contributed by atoms with E-state index in [4.69, 9.17) is 17.3 Å². The third-order valence-corrected chi connectivity index (χ3v) is 3.04. The fraction of sp³-hybridized carbons (Fsp3) is 0.500. The van der Waals surface area contributed by atoms with Crippen molar-refractivity contribution in [2.75, 3.05) is 13.2 Å². The van der Waals surface area contributed by atoms with Crippen LogP contribution in [0.5, 0.6) is 0 Å². The Morgan fingerprint density at radius 2 is 2.20 bits per heavy atom. The fourth-order valence-electron chi connectivity index (χ4n) is 0.947. The predicted octanol–water partition coefficient (Wildman–Crippen LogP) is 2.98. The maximum absolute atomic E-state index is 11.7. The van der Waals surface area contributed by atoms with Crippen molar-refractivity contribution < 1.29 is 17.9 Å². The second-order valence-corrected chi connectivity index (χ2v) is 4.22. The Hall–Kier alpha value is -0.300. The number of nitrogens with two attached hydrogens (primary N) is 1. The summed E-state index contributed by atoms with van der Waals surface area (Å²) in [5, 5.41) is 2.18. The number of ether oxygens (including phenoxy) is 1. The molecule has 0 radical (unpaired) electrons. The minimum absolute atomic E-state index is 0.195. The van der Waals surface area contributed by atoms with Gasteiger partial charge in [0.1, 0.15) is 6.61 Å². The molecule has 0 aliphatic rings. The maximum Gasteiger partial charge on any atom is 0.411 e. The second-order valence-electron chi connectivity index (χ2n) is 2.87. The van der Waals surface area contributed by atoms with Crippen LogP contribution in [-0.4, -0.2) is 19.4 Å². The van der Waals surface area contributed by atoms with Gasteiger partial charge in [0.25, 0.3) is 0 Å². The predicted molar refractivity (Wildman–Crippen MR) is 53.1 cm³/mol. The molecule has 0 bridgehead atoms. The lowest BCUT2D eigenvalue weighted by Gasteiger charge is -2.12. The van der Waals surface area contributed by atoms with Gasteiger partial charge in [-0.1, -0.05) is 11.6 Å². The Labute approximate surface area is 93.8 Å². The van der Waals surface area contributed by atoms with E-state index in [1.165, 1.54) is 11.3 Å². The van der Waals surface area contributed by atoms with Crippen molar-refractivity contribution in [3.63, 3.8) is 0 Å². The van der Waals surface area contributed by atoms with Crippen molar-refractivity contribution in [2.45, 2.75) is 12.2 Å². The molecule has 86 valence electrons. The minimum Gasteiger partial charge on any atom is -0.370 e. The summed E-state index contributed by atoms with van der Waals surface area (Å²) in [4.78, 5) is 0.638. The van der Waals surface area contributed by atoms with Gasteiger partial charge < -0.3 is 10.5 Å². The van der Waals surface area contributed by atoms with Crippen molar-refractivity contribution in [2.24, 2.45) is 5.73 Å². The van der Waals surface area contributed by atoms with Crippen LogP contribution in [0.25, 0.3) is 0 Å². The summed E-state index contributed by atoms with van der Waals surface area (Å²) < 4.78 is 39.7. The van der Waals surface area contributed by atoms with E-state index >= 15 is 0 Å². The minimum atomic E-state index is -4.32. The summed E-state index contributed by atoms with van der Waals surface area (Å²) in [6.07, 6.45) is -4.32. The van der Waals surface area contributed by atoms with E-state index in [1.54, 1.807) is 11.4 Å². The molecule has 7 heteroatoms. The molecule has 1 unspecified atom stereocenters. The average Bonchev–Trinajstić information content (AvgIpc) is 2.48. The summed E-state index contributed by atoms with van der Waals surface area (Å²) in [5.74, 6) is 0. The first kappa shape index (κ1) is 12.8. The second kappa shape index (κ2) is 5.16. The quantitative estimate of drug-likeness (QED) is 0.902. The zero-order chi connectivity index (χ0) is 11.5. The summed E-state index contributed by atoms with van der Waals surface area (Å²) >= 11 is 7.05. The highest BCUT2D eigenvalue weighted by Gasteiger charge is 2.28. The number of hydrogen-bond donors (Lipinski definition) is 1. The van der Waals surface area contributed by atoms with Gasteiger partial charge >= 0.3 is 6.18 Å². The average molecular weight is 260 g/mol. The Morgan fingerprint density at radius 3 is 2.67 bits per heavy atom. The SMILES string of the molecule is NC(COCC(F)(F)F)c1sccc1Cl. The molecule has 2 N–H and O–H groups in total. The molecule has 0 fully saturated rings. The van der Waals surface area contributed by atoms with Gasteiger partial charge in [-0.25, -0.2) is 0 Å². The van der Waals surface area contributed by atoms with Crippen LogP contribution in [0.2, 0.25) is 5.02 Å². The molecule has 1 rings (SSSR count). The summed E-state index contributed by atoms with van der Waals surface area (Å²) in [5.41, 5.74) is 5.60.